The first-order chi connectivity index (χ1) is 7.27. The van der Waals surface area contributed by atoms with E-state index < -0.39 is 0 Å². The summed E-state index contributed by atoms with van der Waals surface area (Å²) in [5.41, 5.74) is 0. The van der Waals surface area contributed by atoms with E-state index in [2.05, 4.69) is 27.9 Å². The highest BCUT2D eigenvalue weighted by molar-refractivity contribution is 7.99. The third kappa shape index (κ3) is 2.02. The average Bonchev–Trinajstić information content (AvgIpc) is 2.82. The fourth-order valence-electron chi connectivity index (χ4n) is 2.35. The van der Waals surface area contributed by atoms with Gasteiger partial charge in [-0.05, 0) is 30.7 Å². The van der Waals surface area contributed by atoms with Crippen LogP contribution in [-0.4, -0.2) is 26.3 Å². The average molecular weight is 246 g/mol. The van der Waals surface area contributed by atoms with Crippen LogP contribution in [-0.2, 0) is 6.42 Å². The molecule has 1 aromatic rings. The number of hydrogen-bond donors (Lipinski definition) is 0. The SMILES string of the molecule is CCc1nnc(Cl)n1C1CCCC1SC. The molecule has 0 spiro atoms. The van der Waals surface area contributed by atoms with Crippen molar-refractivity contribution in [3.8, 4) is 0 Å². The zero-order valence-corrected chi connectivity index (χ0v) is 10.7. The lowest BCUT2D eigenvalue weighted by molar-refractivity contribution is 0.508. The molecule has 5 heteroatoms. The molecule has 1 aromatic heterocycles. The number of aromatic nitrogens is 3. The molecule has 0 aromatic carbocycles. The minimum atomic E-state index is 0.498. The molecule has 0 bridgehead atoms. The molecule has 2 rings (SSSR count). The van der Waals surface area contributed by atoms with E-state index in [-0.39, 0.29) is 0 Å². The van der Waals surface area contributed by atoms with E-state index in [1.54, 1.807) is 0 Å². The van der Waals surface area contributed by atoms with E-state index in [0.29, 0.717) is 16.6 Å². The van der Waals surface area contributed by atoms with Gasteiger partial charge in [0.05, 0.1) is 0 Å². The number of thioether (sulfide) groups is 1. The number of nitrogens with zero attached hydrogens (tertiary/aromatic N) is 3. The molecule has 1 heterocycles. The molecular formula is C10H16ClN3S. The van der Waals surface area contributed by atoms with Crippen LogP contribution in [0.1, 0.15) is 38.1 Å². The quantitative estimate of drug-likeness (QED) is 0.821. The molecule has 0 N–H and O–H groups in total. The monoisotopic (exact) mass is 245 g/mol. The van der Waals surface area contributed by atoms with Crippen LogP contribution < -0.4 is 0 Å². The smallest absolute Gasteiger partial charge is 0.225 e. The van der Waals surface area contributed by atoms with Gasteiger partial charge in [0.15, 0.2) is 0 Å². The molecule has 1 saturated carbocycles. The van der Waals surface area contributed by atoms with Gasteiger partial charge in [-0.1, -0.05) is 13.3 Å². The van der Waals surface area contributed by atoms with E-state index in [0.717, 1.165) is 12.2 Å². The van der Waals surface area contributed by atoms with E-state index >= 15 is 0 Å². The molecule has 84 valence electrons. The van der Waals surface area contributed by atoms with Gasteiger partial charge in [0.2, 0.25) is 5.28 Å². The lowest BCUT2D eigenvalue weighted by Crippen LogP contribution is -2.18. The highest BCUT2D eigenvalue weighted by Gasteiger charge is 2.31. The molecule has 0 radical (unpaired) electrons. The number of rotatable bonds is 3. The Kier molecular flexibility index (Phi) is 3.57. The fraction of sp³-hybridized carbons (Fsp3) is 0.800. The molecular weight excluding hydrogens is 230 g/mol. The van der Waals surface area contributed by atoms with Gasteiger partial charge in [-0.15, -0.1) is 10.2 Å². The van der Waals surface area contributed by atoms with Gasteiger partial charge in [0, 0.05) is 17.7 Å². The Bertz CT molecular complexity index is 339. The Balaban J connectivity index is 2.30. The molecule has 1 aliphatic rings. The summed E-state index contributed by atoms with van der Waals surface area (Å²) in [5, 5.41) is 9.31. The second-order valence-electron chi connectivity index (χ2n) is 3.88. The number of aryl methyl sites for hydroxylation is 1. The molecule has 0 aliphatic heterocycles. The largest absolute Gasteiger partial charge is 0.298 e. The predicted molar refractivity (Wildman–Crippen MR) is 64.6 cm³/mol. The van der Waals surface area contributed by atoms with Crippen molar-refractivity contribution in [2.24, 2.45) is 0 Å². The molecule has 0 amide bonds. The molecule has 2 atom stereocenters. The highest BCUT2D eigenvalue weighted by Crippen LogP contribution is 2.39. The van der Waals surface area contributed by atoms with Gasteiger partial charge in [0.1, 0.15) is 5.82 Å². The summed E-state index contributed by atoms with van der Waals surface area (Å²) in [6.45, 7) is 2.10. The van der Waals surface area contributed by atoms with Crippen LogP contribution >= 0.6 is 23.4 Å². The maximum atomic E-state index is 6.11. The van der Waals surface area contributed by atoms with E-state index in [9.17, 15) is 0 Å². The molecule has 2 unspecified atom stereocenters. The zero-order chi connectivity index (χ0) is 10.8. The zero-order valence-electron chi connectivity index (χ0n) is 9.11. The van der Waals surface area contributed by atoms with Gasteiger partial charge < -0.3 is 0 Å². The van der Waals surface area contributed by atoms with Crippen molar-refractivity contribution in [2.75, 3.05) is 6.26 Å². The summed E-state index contributed by atoms with van der Waals surface area (Å²) in [5.74, 6) is 1.02. The lowest BCUT2D eigenvalue weighted by Gasteiger charge is -2.20. The van der Waals surface area contributed by atoms with Crippen LogP contribution in [0.3, 0.4) is 0 Å². The van der Waals surface area contributed by atoms with Crippen LogP contribution in [0.4, 0.5) is 0 Å². The number of halogens is 1. The molecule has 3 nitrogen and oxygen atoms in total. The Morgan fingerprint density at radius 2 is 2.27 bits per heavy atom. The summed E-state index contributed by atoms with van der Waals surface area (Å²) in [6, 6.07) is 0.498. The second kappa shape index (κ2) is 4.74. The van der Waals surface area contributed by atoms with Gasteiger partial charge >= 0.3 is 0 Å². The Morgan fingerprint density at radius 1 is 1.47 bits per heavy atom. The molecule has 15 heavy (non-hydrogen) atoms. The molecule has 0 saturated heterocycles. The van der Waals surface area contributed by atoms with Crippen molar-refractivity contribution >= 4 is 23.4 Å². The van der Waals surface area contributed by atoms with Crippen molar-refractivity contribution < 1.29 is 0 Å². The Hall–Kier alpha value is -0.220. The van der Waals surface area contributed by atoms with Crippen LogP contribution in [0.15, 0.2) is 0 Å². The minimum absolute atomic E-state index is 0.498. The lowest BCUT2D eigenvalue weighted by atomic mass is 10.2. The van der Waals surface area contributed by atoms with Crippen LogP contribution in [0.25, 0.3) is 0 Å². The molecule has 1 fully saturated rings. The maximum absolute atomic E-state index is 6.11. The van der Waals surface area contributed by atoms with Crippen LogP contribution in [0.2, 0.25) is 5.28 Å². The molecule has 1 aliphatic carbocycles. The third-order valence-electron chi connectivity index (χ3n) is 3.09. The van der Waals surface area contributed by atoms with E-state index in [1.165, 1.54) is 19.3 Å². The first-order valence-electron chi connectivity index (χ1n) is 5.40. The Morgan fingerprint density at radius 3 is 2.93 bits per heavy atom. The van der Waals surface area contributed by atoms with Crippen molar-refractivity contribution in [3.63, 3.8) is 0 Å². The standard InChI is InChI=1S/C10H16ClN3S/c1-3-9-12-13-10(11)14(9)7-5-4-6-8(7)15-2/h7-8H,3-6H2,1-2H3. The Labute approximate surface area is 99.6 Å². The number of hydrogen-bond acceptors (Lipinski definition) is 3. The summed E-state index contributed by atoms with van der Waals surface area (Å²) < 4.78 is 2.13. The second-order valence-corrected chi connectivity index (χ2v) is 5.30. The highest BCUT2D eigenvalue weighted by atomic mass is 35.5. The van der Waals surface area contributed by atoms with Crippen molar-refractivity contribution in [2.45, 2.75) is 43.9 Å². The minimum Gasteiger partial charge on any atom is -0.298 e. The van der Waals surface area contributed by atoms with Crippen LogP contribution in [0.5, 0.6) is 0 Å². The summed E-state index contributed by atoms with van der Waals surface area (Å²) >= 11 is 8.04. The fourth-order valence-corrected chi connectivity index (χ4v) is 3.58. The first-order valence-corrected chi connectivity index (χ1v) is 7.06. The van der Waals surface area contributed by atoms with Crippen molar-refractivity contribution in [3.05, 3.63) is 11.1 Å². The summed E-state index contributed by atoms with van der Waals surface area (Å²) in [4.78, 5) is 0. The van der Waals surface area contributed by atoms with E-state index in [1.807, 2.05) is 11.8 Å². The van der Waals surface area contributed by atoms with Gasteiger partial charge in [-0.2, -0.15) is 11.8 Å². The summed E-state index contributed by atoms with van der Waals surface area (Å²) in [7, 11) is 0. The van der Waals surface area contributed by atoms with E-state index in [4.69, 9.17) is 11.6 Å². The predicted octanol–water partition coefficient (Wildman–Crippen LogP) is 2.95. The van der Waals surface area contributed by atoms with Crippen molar-refractivity contribution in [1.82, 2.24) is 14.8 Å². The third-order valence-corrected chi connectivity index (χ3v) is 4.51. The maximum Gasteiger partial charge on any atom is 0.225 e. The van der Waals surface area contributed by atoms with Gasteiger partial charge in [-0.3, -0.25) is 4.57 Å². The van der Waals surface area contributed by atoms with Crippen LogP contribution in [0, 0.1) is 0 Å². The summed E-state index contributed by atoms with van der Waals surface area (Å²) in [6.07, 6.45) is 6.85. The van der Waals surface area contributed by atoms with Gasteiger partial charge in [-0.25, -0.2) is 0 Å². The normalized spacial score (nSPS) is 26.1. The van der Waals surface area contributed by atoms with Gasteiger partial charge in [0.25, 0.3) is 0 Å². The topological polar surface area (TPSA) is 30.7 Å². The van der Waals surface area contributed by atoms with Crippen molar-refractivity contribution in [1.29, 1.82) is 0 Å². The first kappa shape index (κ1) is 11.3.